The van der Waals surface area contributed by atoms with Crippen LogP contribution in [0.25, 0.3) is 0 Å². The molecule has 2 heteroatoms. The van der Waals surface area contributed by atoms with E-state index in [4.69, 9.17) is 0 Å². The van der Waals surface area contributed by atoms with E-state index in [1.54, 1.807) is 0 Å². The fraction of sp³-hybridized carbons (Fsp3) is 0.688. The summed E-state index contributed by atoms with van der Waals surface area (Å²) < 4.78 is 0. The van der Waals surface area contributed by atoms with Crippen molar-refractivity contribution in [2.45, 2.75) is 64.0 Å². The minimum absolute atomic E-state index is 0.499. The van der Waals surface area contributed by atoms with Crippen LogP contribution in [-0.4, -0.2) is 11.0 Å². The number of nitrogens with zero attached hydrogens (tertiary/aromatic N) is 1. The third-order valence-corrected chi connectivity index (χ3v) is 4.44. The van der Waals surface area contributed by atoms with E-state index in [-0.39, 0.29) is 0 Å². The molecule has 1 saturated carbocycles. The summed E-state index contributed by atoms with van der Waals surface area (Å²) in [6.45, 7) is 2.31. The summed E-state index contributed by atoms with van der Waals surface area (Å²) in [4.78, 5) is 4.62. The predicted molar refractivity (Wildman–Crippen MR) is 74.5 cm³/mol. The molecule has 0 spiro atoms. The number of aryl methyl sites for hydroxylation is 1. The Balaban J connectivity index is 1.68. The van der Waals surface area contributed by atoms with Crippen LogP contribution in [0.1, 0.15) is 62.7 Å². The van der Waals surface area contributed by atoms with Gasteiger partial charge >= 0.3 is 0 Å². The number of hydrogen-bond acceptors (Lipinski definition) is 2. The number of fused-ring (bicyclic) bond motifs is 1. The Labute approximate surface area is 110 Å². The zero-order valence-corrected chi connectivity index (χ0v) is 11.4. The molecule has 0 aromatic carbocycles. The Morgan fingerprint density at radius 1 is 1.39 bits per heavy atom. The van der Waals surface area contributed by atoms with Crippen molar-refractivity contribution in [2.75, 3.05) is 0 Å². The Morgan fingerprint density at radius 3 is 3.06 bits per heavy atom. The Morgan fingerprint density at radius 2 is 2.28 bits per heavy atom. The van der Waals surface area contributed by atoms with Gasteiger partial charge < -0.3 is 5.32 Å². The van der Waals surface area contributed by atoms with Gasteiger partial charge in [-0.2, -0.15) is 0 Å². The maximum absolute atomic E-state index is 4.62. The molecule has 1 heterocycles. The van der Waals surface area contributed by atoms with Crippen molar-refractivity contribution in [3.63, 3.8) is 0 Å². The molecule has 0 saturated heterocycles. The molecule has 0 radical (unpaired) electrons. The molecule has 2 nitrogen and oxygen atoms in total. The van der Waals surface area contributed by atoms with E-state index in [1.165, 1.54) is 56.2 Å². The number of aromatic nitrogens is 1. The lowest BCUT2D eigenvalue weighted by molar-refractivity contribution is 0.356. The minimum Gasteiger partial charge on any atom is -0.306 e. The molecule has 1 aromatic heterocycles. The van der Waals surface area contributed by atoms with E-state index >= 15 is 0 Å². The van der Waals surface area contributed by atoms with Gasteiger partial charge in [0.25, 0.3) is 0 Å². The predicted octanol–water partition coefficient (Wildman–Crippen LogP) is 3.63. The van der Waals surface area contributed by atoms with Gasteiger partial charge in [-0.25, -0.2) is 0 Å². The fourth-order valence-electron chi connectivity index (χ4n) is 3.16. The number of rotatable bonds is 5. The van der Waals surface area contributed by atoms with Crippen LogP contribution >= 0.6 is 0 Å². The van der Waals surface area contributed by atoms with Crippen LogP contribution in [0.2, 0.25) is 0 Å². The molecule has 2 aliphatic rings. The van der Waals surface area contributed by atoms with Crippen molar-refractivity contribution in [1.82, 2.24) is 10.3 Å². The molecule has 2 aliphatic carbocycles. The zero-order valence-electron chi connectivity index (χ0n) is 11.4. The lowest BCUT2D eigenvalue weighted by Gasteiger charge is -2.29. The molecule has 1 N–H and O–H groups in total. The average Bonchev–Trinajstić information content (AvgIpc) is 3.22. The quantitative estimate of drug-likeness (QED) is 0.855. The SMILES string of the molecule is CCC(CC1CC1)NC1CCCc2cccnc21. The van der Waals surface area contributed by atoms with Gasteiger partial charge in [0.2, 0.25) is 0 Å². The van der Waals surface area contributed by atoms with Gasteiger partial charge in [-0.05, 0) is 49.7 Å². The van der Waals surface area contributed by atoms with E-state index in [9.17, 15) is 0 Å². The Hall–Kier alpha value is -0.890. The molecular formula is C16H24N2. The first-order valence-electron chi connectivity index (χ1n) is 7.56. The molecule has 3 rings (SSSR count). The fourth-order valence-corrected chi connectivity index (χ4v) is 3.16. The molecule has 1 aromatic rings. The molecule has 2 unspecified atom stereocenters. The third kappa shape index (κ3) is 2.74. The van der Waals surface area contributed by atoms with Crippen molar-refractivity contribution >= 4 is 0 Å². The molecule has 2 atom stereocenters. The molecular weight excluding hydrogens is 220 g/mol. The standard InChI is InChI=1S/C16H24N2/c1-2-14(11-12-8-9-12)18-15-7-3-5-13-6-4-10-17-16(13)15/h4,6,10,12,14-15,18H,2-3,5,7-9,11H2,1H3. The highest BCUT2D eigenvalue weighted by atomic mass is 15.0. The van der Waals surface area contributed by atoms with E-state index < -0.39 is 0 Å². The molecule has 0 aliphatic heterocycles. The molecule has 98 valence electrons. The lowest BCUT2D eigenvalue weighted by atomic mass is 9.91. The molecule has 18 heavy (non-hydrogen) atoms. The monoisotopic (exact) mass is 244 g/mol. The summed E-state index contributed by atoms with van der Waals surface area (Å²) >= 11 is 0. The van der Waals surface area contributed by atoms with E-state index in [0.717, 1.165) is 5.92 Å². The highest BCUT2D eigenvalue weighted by Crippen LogP contribution is 2.35. The van der Waals surface area contributed by atoms with Gasteiger partial charge in [0.05, 0.1) is 5.69 Å². The van der Waals surface area contributed by atoms with Crippen molar-refractivity contribution in [2.24, 2.45) is 5.92 Å². The average molecular weight is 244 g/mol. The first kappa shape index (κ1) is 12.2. The smallest absolute Gasteiger partial charge is 0.0605 e. The van der Waals surface area contributed by atoms with Crippen LogP contribution in [0.15, 0.2) is 18.3 Å². The van der Waals surface area contributed by atoms with Crippen LogP contribution in [0.3, 0.4) is 0 Å². The second-order valence-corrected chi connectivity index (χ2v) is 5.94. The highest BCUT2D eigenvalue weighted by Gasteiger charge is 2.28. The normalized spacial score (nSPS) is 24.6. The van der Waals surface area contributed by atoms with E-state index in [0.29, 0.717) is 12.1 Å². The second-order valence-electron chi connectivity index (χ2n) is 5.94. The number of pyridine rings is 1. The maximum Gasteiger partial charge on any atom is 0.0605 e. The van der Waals surface area contributed by atoms with Crippen molar-refractivity contribution in [3.8, 4) is 0 Å². The van der Waals surface area contributed by atoms with Gasteiger partial charge in [-0.3, -0.25) is 4.98 Å². The van der Waals surface area contributed by atoms with Crippen LogP contribution in [0, 0.1) is 5.92 Å². The van der Waals surface area contributed by atoms with E-state index in [1.807, 2.05) is 6.20 Å². The maximum atomic E-state index is 4.62. The van der Waals surface area contributed by atoms with Gasteiger partial charge in [0.1, 0.15) is 0 Å². The van der Waals surface area contributed by atoms with Crippen LogP contribution in [-0.2, 0) is 6.42 Å². The largest absolute Gasteiger partial charge is 0.306 e. The lowest BCUT2D eigenvalue weighted by Crippen LogP contribution is -2.35. The van der Waals surface area contributed by atoms with Crippen molar-refractivity contribution < 1.29 is 0 Å². The van der Waals surface area contributed by atoms with Crippen LogP contribution in [0.4, 0.5) is 0 Å². The van der Waals surface area contributed by atoms with Crippen LogP contribution in [0.5, 0.6) is 0 Å². The Bertz CT molecular complexity index is 398. The van der Waals surface area contributed by atoms with Gasteiger partial charge in [-0.15, -0.1) is 0 Å². The molecule has 0 bridgehead atoms. The highest BCUT2D eigenvalue weighted by molar-refractivity contribution is 5.25. The van der Waals surface area contributed by atoms with Crippen molar-refractivity contribution in [1.29, 1.82) is 0 Å². The molecule has 1 fully saturated rings. The Kier molecular flexibility index (Phi) is 3.64. The second kappa shape index (κ2) is 5.40. The molecule has 0 amide bonds. The topological polar surface area (TPSA) is 24.9 Å². The third-order valence-electron chi connectivity index (χ3n) is 4.44. The van der Waals surface area contributed by atoms with Gasteiger partial charge in [0, 0.05) is 18.3 Å². The van der Waals surface area contributed by atoms with E-state index in [2.05, 4.69) is 29.4 Å². The summed E-state index contributed by atoms with van der Waals surface area (Å²) in [5.74, 6) is 1.01. The summed E-state index contributed by atoms with van der Waals surface area (Å²) in [6, 6.07) is 5.51. The zero-order chi connectivity index (χ0) is 12.4. The van der Waals surface area contributed by atoms with Gasteiger partial charge in [-0.1, -0.05) is 25.8 Å². The summed E-state index contributed by atoms with van der Waals surface area (Å²) in [5.41, 5.74) is 2.78. The van der Waals surface area contributed by atoms with Crippen molar-refractivity contribution in [3.05, 3.63) is 29.6 Å². The first-order chi connectivity index (χ1) is 8.86. The van der Waals surface area contributed by atoms with Crippen LogP contribution < -0.4 is 5.32 Å². The summed E-state index contributed by atoms with van der Waals surface area (Å²) in [5, 5.41) is 3.87. The van der Waals surface area contributed by atoms with Gasteiger partial charge in [0.15, 0.2) is 0 Å². The number of hydrogen-bond donors (Lipinski definition) is 1. The minimum atomic E-state index is 0.499. The summed E-state index contributed by atoms with van der Waals surface area (Å²) in [6.07, 6.45) is 11.2. The summed E-state index contributed by atoms with van der Waals surface area (Å²) in [7, 11) is 0. The first-order valence-corrected chi connectivity index (χ1v) is 7.56. The number of nitrogens with one attached hydrogen (secondary N) is 1.